The zero-order valence-corrected chi connectivity index (χ0v) is 15.1. The van der Waals surface area contributed by atoms with E-state index >= 15 is 0 Å². The molecule has 3 nitrogen and oxygen atoms in total. The van der Waals surface area contributed by atoms with E-state index in [4.69, 9.17) is 11.6 Å². The maximum atomic E-state index is 13.2. The van der Waals surface area contributed by atoms with Gasteiger partial charge in [-0.15, -0.1) is 0 Å². The maximum absolute atomic E-state index is 13.2. The molecule has 2 amide bonds. The molecule has 140 valence electrons. The summed E-state index contributed by atoms with van der Waals surface area (Å²) in [5, 5.41) is 2.34. The van der Waals surface area contributed by atoms with Crippen molar-refractivity contribution in [2.24, 2.45) is 0 Å². The Morgan fingerprint density at radius 3 is 2.46 bits per heavy atom. The Morgan fingerprint density at radius 2 is 1.85 bits per heavy atom. The van der Waals surface area contributed by atoms with Crippen molar-refractivity contribution in [3.05, 3.63) is 64.7 Å². The van der Waals surface area contributed by atoms with Crippen LogP contribution in [0.5, 0.6) is 0 Å². The van der Waals surface area contributed by atoms with Crippen molar-refractivity contribution in [2.75, 3.05) is 11.9 Å². The van der Waals surface area contributed by atoms with Crippen LogP contribution in [0.1, 0.15) is 30.9 Å². The van der Waals surface area contributed by atoms with E-state index in [-0.39, 0.29) is 10.7 Å². The first-order valence-electron chi connectivity index (χ1n) is 8.28. The van der Waals surface area contributed by atoms with E-state index in [0.29, 0.717) is 13.1 Å². The molecular formula is C19H20ClF3N2O. The molecule has 0 radical (unpaired) electrons. The summed E-state index contributed by atoms with van der Waals surface area (Å²) in [4.78, 5) is 14.1. The number of anilines is 1. The topological polar surface area (TPSA) is 32.3 Å². The molecule has 7 heteroatoms. The molecule has 1 N–H and O–H groups in total. The lowest BCUT2D eigenvalue weighted by atomic mass is 10.1. The van der Waals surface area contributed by atoms with Gasteiger partial charge < -0.3 is 10.2 Å². The number of nitrogens with one attached hydrogen (secondary N) is 1. The zero-order valence-electron chi connectivity index (χ0n) is 14.3. The average Bonchev–Trinajstić information content (AvgIpc) is 2.60. The third-order valence-corrected chi connectivity index (χ3v) is 4.05. The Kier molecular flexibility index (Phi) is 6.91. The van der Waals surface area contributed by atoms with Gasteiger partial charge in [0, 0.05) is 18.1 Å². The maximum Gasteiger partial charge on any atom is 0.418 e. The summed E-state index contributed by atoms with van der Waals surface area (Å²) in [7, 11) is 0. The molecule has 0 fully saturated rings. The minimum absolute atomic E-state index is 0.0394. The van der Waals surface area contributed by atoms with Gasteiger partial charge in [0.1, 0.15) is 0 Å². The quantitative estimate of drug-likeness (QED) is 0.632. The zero-order chi connectivity index (χ0) is 19.2. The third kappa shape index (κ3) is 5.66. The molecule has 0 heterocycles. The lowest BCUT2D eigenvalue weighted by Gasteiger charge is -2.24. The van der Waals surface area contributed by atoms with Gasteiger partial charge in [0.15, 0.2) is 0 Å². The number of hydrogen-bond donors (Lipinski definition) is 1. The molecule has 0 bridgehead atoms. The standard InChI is InChI=1S/C19H20ClF3N2O/c1-2-3-11-25(13-14-7-5-4-6-8-14)18(26)24-17-10-9-15(20)12-16(17)19(21,22)23/h4-10,12H,2-3,11,13H2,1H3,(H,24,26). The van der Waals surface area contributed by atoms with Crippen molar-refractivity contribution < 1.29 is 18.0 Å². The first kappa shape index (κ1) is 20.1. The van der Waals surface area contributed by atoms with Crippen LogP contribution in [0.15, 0.2) is 48.5 Å². The molecule has 0 spiro atoms. The molecule has 0 aliphatic heterocycles. The number of carbonyl (C=O) groups excluding carboxylic acids is 1. The number of urea groups is 1. The molecule has 0 atom stereocenters. The average molecular weight is 385 g/mol. The van der Waals surface area contributed by atoms with Gasteiger partial charge in [-0.1, -0.05) is 55.3 Å². The first-order valence-corrected chi connectivity index (χ1v) is 8.65. The minimum Gasteiger partial charge on any atom is -0.320 e. The van der Waals surface area contributed by atoms with Crippen LogP contribution in [-0.2, 0) is 12.7 Å². The third-order valence-electron chi connectivity index (χ3n) is 3.81. The second-order valence-electron chi connectivity index (χ2n) is 5.88. The number of hydrogen-bond acceptors (Lipinski definition) is 1. The molecule has 2 rings (SSSR count). The van der Waals surface area contributed by atoms with Crippen LogP contribution in [0.3, 0.4) is 0 Å². The van der Waals surface area contributed by atoms with Gasteiger partial charge in [0.25, 0.3) is 0 Å². The molecule has 2 aromatic carbocycles. The number of unbranched alkanes of at least 4 members (excludes halogenated alkanes) is 1. The van der Waals surface area contributed by atoms with Crippen LogP contribution in [0, 0.1) is 0 Å². The predicted molar refractivity (Wildman–Crippen MR) is 97.2 cm³/mol. The Hall–Kier alpha value is -2.21. The van der Waals surface area contributed by atoms with Crippen molar-refractivity contribution in [3.8, 4) is 0 Å². The van der Waals surface area contributed by atoms with Gasteiger partial charge in [-0.05, 0) is 30.2 Å². The van der Waals surface area contributed by atoms with E-state index in [1.165, 1.54) is 17.0 Å². The molecule has 0 unspecified atom stereocenters. The fourth-order valence-corrected chi connectivity index (χ4v) is 2.63. The molecule has 0 aromatic heterocycles. The SMILES string of the molecule is CCCCN(Cc1ccccc1)C(=O)Nc1ccc(Cl)cc1C(F)(F)F. The van der Waals surface area contributed by atoms with Gasteiger partial charge >= 0.3 is 12.2 Å². The lowest BCUT2D eigenvalue weighted by Crippen LogP contribution is -2.35. The van der Waals surface area contributed by atoms with E-state index in [2.05, 4.69) is 5.32 Å². The van der Waals surface area contributed by atoms with Gasteiger partial charge in [0.05, 0.1) is 11.3 Å². The van der Waals surface area contributed by atoms with Crippen molar-refractivity contribution in [2.45, 2.75) is 32.5 Å². The number of amides is 2. The van der Waals surface area contributed by atoms with E-state index in [0.717, 1.165) is 24.5 Å². The molecule has 0 aliphatic carbocycles. The molecular weight excluding hydrogens is 365 g/mol. The van der Waals surface area contributed by atoms with Crippen LogP contribution in [0.4, 0.5) is 23.7 Å². The predicted octanol–water partition coefficient (Wildman–Crippen LogP) is 6.19. The molecule has 0 aliphatic rings. The summed E-state index contributed by atoms with van der Waals surface area (Å²) in [6.07, 6.45) is -2.98. The summed E-state index contributed by atoms with van der Waals surface area (Å²) in [5.74, 6) is 0. The highest BCUT2D eigenvalue weighted by atomic mass is 35.5. The van der Waals surface area contributed by atoms with Gasteiger partial charge in [0.2, 0.25) is 0 Å². The van der Waals surface area contributed by atoms with Gasteiger partial charge in [-0.2, -0.15) is 13.2 Å². The highest BCUT2D eigenvalue weighted by molar-refractivity contribution is 6.30. The lowest BCUT2D eigenvalue weighted by molar-refractivity contribution is -0.136. The van der Waals surface area contributed by atoms with E-state index in [1.807, 2.05) is 37.3 Å². The Morgan fingerprint density at radius 1 is 1.15 bits per heavy atom. The van der Waals surface area contributed by atoms with E-state index < -0.39 is 17.8 Å². The highest BCUT2D eigenvalue weighted by Gasteiger charge is 2.34. The monoisotopic (exact) mass is 384 g/mol. The normalized spacial score (nSPS) is 11.3. The Labute approximate surface area is 155 Å². The van der Waals surface area contributed by atoms with Crippen LogP contribution in [0.2, 0.25) is 5.02 Å². The fourth-order valence-electron chi connectivity index (χ4n) is 2.46. The second kappa shape index (κ2) is 8.94. The molecule has 0 saturated carbocycles. The summed E-state index contributed by atoms with van der Waals surface area (Å²) >= 11 is 5.67. The molecule has 0 saturated heterocycles. The van der Waals surface area contributed by atoms with Crippen molar-refractivity contribution >= 4 is 23.3 Å². The number of benzene rings is 2. The van der Waals surface area contributed by atoms with Crippen LogP contribution in [-0.4, -0.2) is 17.5 Å². The number of carbonyl (C=O) groups is 1. The van der Waals surface area contributed by atoms with Gasteiger partial charge in [-0.25, -0.2) is 4.79 Å². The van der Waals surface area contributed by atoms with Crippen LogP contribution in [0.25, 0.3) is 0 Å². The molecule has 2 aromatic rings. The molecule has 26 heavy (non-hydrogen) atoms. The van der Waals surface area contributed by atoms with E-state index in [1.54, 1.807) is 0 Å². The second-order valence-corrected chi connectivity index (χ2v) is 6.31. The van der Waals surface area contributed by atoms with Crippen molar-refractivity contribution in [1.82, 2.24) is 4.90 Å². The van der Waals surface area contributed by atoms with Gasteiger partial charge in [-0.3, -0.25) is 0 Å². The summed E-state index contributed by atoms with van der Waals surface area (Å²) in [6, 6.07) is 12.0. The van der Waals surface area contributed by atoms with Crippen LogP contribution < -0.4 is 5.32 Å². The van der Waals surface area contributed by atoms with E-state index in [9.17, 15) is 18.0 Å². The fraction of sp³-hybridized carbons (Fsp3) is 0.316. The van der Waals surface area contributed by atoms with Crippen molar-refractivity contribution in [3.63, 3.8) is 0 Å². The number of alkyl halides is 3. The number of halogens is 4. The largest absolute Gasteiger partial charge is 0.418 e. The summed E-state index contributed by atoms with van der Waals surface area (Å²) in [6.45, 7) is 2.76. The Bertz CT molecular complexity index is 735. The highest BCUT2D eigenvalue weighted by Crippen LogP contribution is 2.36. The minimum atomic E-state index is -4.61. The smallest absolute Gasteiger partial charge is 0.320 e. The first-order chi connectivity index (χ1) is 12.3. The summed E-state index contributed by atoms with van der Waals surface area (Å²) < 4.78 is 39.6. The van der Waals surface area contributed by atoms with Crippen molar-refractivity contribution in [1.29, 1.82) is 0 Å². The number of nitrogens with zero attached hydrogens (tertiary/aromatic N) is 1. The Balaban J connectivity index is 2.21. The van der Waals surface area contributed by atoms with Crippen LogP contribution >= 0.6 is 11.6 Å². The number of rotatable bonds is 6. The summed E-state index contributed by atoms with van der Waals surface area (Å²) in [5.41, 5.74) is -0.360.